The fraction of sp³-hybridized carbons (Fsp3) is 0.333. The second-order valence-corrected chi connectivity index (χ2v) is 6.42. The zero-order chi connectivity index (χ0) is 19.3. The number of amides is 1. The molecule has 0 fully saturated rings. The summed E-state index contributed by atoms with van der Waals surface area (Å²) in [6.07, 6.45) is 2.00. The third-order valence-corrected chi connectivity index (χ3v) is 4.23. The van der Waals surface area contributed by atoms with Crippen LogP contribution in [-0.4, -0.2) is 38.0 Å². The molecular formula is C21H28ClIN4O. The molecule has 0 spiro atoms. The van der Waals surface area contributed by atoms with Crippen LogP contribution in [0.5, 0.6) is 0 Å². The molecule has 5 nitrogen and oxygen atoms in total. The molecule has 0 radical (unpaired) electrons. The molecule has 0 atom stereocenters. The van der Waals surface area contributed by atoms with Crippen LogP contribution in [0.15, 0.2) is 59.6 Å². The topological polar surface area (TPSA) is 65.5 Å². The lowest BCUT2D eigenvalue weighted by molar-refractivity contribution is 0.0954. The zero-order valence-corrected chi connectivity index (χ0v) is 19.2. The Morgan fingerprint density at radius 1 is 0.964 bits per heavy atom. The monoisotopic (exact) mass is 514 g/mol. The number of nitrogens with one attached hydrogen (secondary N) is 3. The van der Waals surface area contributed by atoms with Crippen molar-refractivity contribution >= 4 is 47.4 Å². The number of halogens is 2. The number of carbonyl (C=O) groups excluding carboxylic acids is 1. The Kier molecular flexibility index (Phi) is 12.3. The van der Waals surface area contributed by atoms with Gasteiger partial charge in [0.2, 0.25) is 0 Å². The minimum atomic E-state index is -0.174. The van der Waals surface area contributed by atoms with Gasteiger partial charge in [-0.05, 0) is 37.5 Å². The summed E-state index contributed by atoms with van der Waals surface area (Å²) in [5, 5.41) is 9.76. The number of hydrogen-bond acceptors (Lipinski definition) is 2. The molecule has 7 heteroatoms. The Morgan fingerprint density at radius 3 is 2.36 bits per heavy atom. The van der Waals surface area contributed by atoms with E-state index in [0.29, 0.717) is 23.7 Å². The van der Waals surface area contributed by atoms with Gasteiger partial charge in [0.25, 0.3) is 5.91 Å². The molecule has 0 aliphatic carbocycles. The van der Waals surface area contributed by atoms with Crippen LogP contribution < -0.4 is 16.0 Å². The van der Waals surface area contributed by atoms with E-state index in [2.05, 4.69) is 45.2 Å². The second kappa shape index (κ2) is 14.2. The highest BCUT2D eigenvalue weighted by Crippen LogP contribution is 2.14. The highest BCUT2D eigenvalue weighted by Gasteiger charge is 2.08. The molecule has 2 rings (SSSR count). The molecule has 0 aliphatic heterocycles. The first kappa shape index (κ1) is 24.2. The van der Waals surface area contributed by atoms with Crippen LogP contribution in [0.4, 0.5) is 0 Å². The van der Waals surface area contributed by atoms with Crippen molar-refractivity contribution in [2.24, 2.45) is 4.99 Å². The van der Waals surface area contributed by atoms with Gasteiger partial charge >= 0.3 is 0 Å². The molecular weight excluding hydrogens is 487 g/mol. The van der Waals surface area contributed by atoms with Gasteiger partial charge < -0.3 is 16.0 Å². The first-order valence-electron chi connectivity index (χ1n) is 9.29. The van der Waals surface area contributed by atoms with Crippen molar-refractivity contribution in [2.75, 3.05) is 26.2 Å². The largest absolute Gasteiger partial charge is 0.357 e. The summed E-state index contributed by atoms with van der Waals surface area (Å²) in [6.45, 7) is 4.63. The van der Waals surface area contributed by atoms with Crippen molar-refractivity contribution in [3.05, 3.63) is 70.7 Å². The van der Waals surface area contributed by atoms with Gasteiger partial charge in [-0.15, -0.1) is 24.0 Å². The predicted molar refractivity (Wildman–Crippen MR) is 128 cm³/mol. The standard InChI is InChI=1S/C21H27ClN4O.HI/c1-2-23-21(25-14-8-11-17-9-4-3-5-10-17)26-16-15-24-20(27)18-12-6-7-13-19(18)22;/h3-7,9-10,12-13H,2,8,11,14-16H2,1H3,(H,24,27)(H2,23,25,26);1H. The maximum Gasteiger partial charge on any atom is 0.252 e. The number of nitrogens with zero attached hydrogens (tertiary/aromatic N) is 1. The van der Waals surface area contributed by atoms with Crippen molar-refractivity contribution in [3.8, 4) is 0 Å². The quantitative estimate of drug-likeness (QED) is 0.206. The molecule has 0 aromatic heterocycles. The van der Waals surface area contributed by atoms with Crippen LogP contribution in [0.3, 0.4) is 0 Å². The summed E-state index contributed by atoms with van der Waals surface area (Å²) in [5.41, 5.74) is 1.81. The summed E-state index contributed by atoms with van der Waals surface area (Å²) in [4.78, 5) is 16.7. The first-order valence-corrected chi connectivity index (χ1v) is 9.67. The predicted octanol–water partition coefficient (Wildman–Crippen LogP) is 3.88. The van der Waals surface area contributed by atoms with E-state index in [9.17, 15) is 4.79 Å². The number of benzene rings is 2. The number of aliphatic imine (C=N–C) groups is 1. The van der Waals surface area contributed by atoms with Crippen LogP contribution in [0, 0.1) is 0 Å². The van der Waals surface area contributed by atoms with Crippen LogP contribution in [-0.2, 0) is 6.42 Å². The molecule has 152 valence electrons. The third-order valence-electron chi connectivity index (χ3n) is 3.90. The maximum atomic E-state index is 12.1. The van der Waals surface area contributed by atoms with Crippen LogP contribution in [0.1, 0.15) is 29.3 Å². The van der Waals surface area contributed by atoms with Gasteiger partial charge in [0.15, 0.2) is 5.96 Å². The molecule has 0 aliphatic rings. The molecule has 2 aromatic carbocycles. The Balaban J connectivity index is 0.00000392. The summed E-state index contributed by atoms with van der Waals surface area (Å²) in [7, 11) is 0. The first-order chi connectivity index (χ1) is 13.2. The van der Waals surface area contributed by atoms with Crippen molar-refractivity contribution < 1.29 is 4.79 Å². The highest BCUT2D eigenvalue weighted by atomic mass is 127. The minimum Gasteiger partial charge on any atom is -0.357 e. The molecule has 2 aromatic rings. The number of carbonyl (C=O) groups is 1. The van der Waals surface area contributed by atoms with Crippen LogP contribution >= 0.6 is 35.6 Å². The summed E-state index contributed by atoms with van der Waals surface area (Å²) >= 11 is 6.03. The lowest BCUT2D eigenvalue weighted by Gasteiger charge is -2.12. The smallest absolute Gasteiger partial charge is 0.252 e. The molecule has 0 unspecified atom stereocenters. The molecule has 0 saturated carbocycles. The van der Waals surface area contributed by atoms with E-state index < -0.39 is 0 Å². The Bertz CT molecular complexity index is 740. The van der Waals surface area contributed by atoms with E-state index >= 15 is 0 Å². The normalized spacial score (nSPS) is 10.7. The number of guanidine groups is 1. The maximum absolute atomic E-state index is 12.1. The zero-order valence-electron chi connectivity index (χ0n) is 16.1. The van der Waals surface area contributed by atoms with E-state index in [-0.39, 0.29) is 29.9 Å². The van der Waals surface area contributed by atoms with Gasteiger partial charge in [-0.25, -0.2) is 0 Å². The van der Waals surface area contributed by atoms with E-state index in [4.69, 9.17) is 11.6 Å². The molecule has 0 saturated heterocycles. The van der Waals surface area contributed by atoms with Crippen molar-refractivity contribution in [2.45, 2.75) is 19.8 Å². The molecule has 0 bridgehead atoms. The van der Waals surface area contributed by atoms with Gasteiger partial charge in [0.1, 0.15) is 0 Å². The van der Waals surface area contributed by atoms with E-state index in [0.717, 1.165) is 31.9 Å². The SMILES string of the molecule is CCNC(=NCCCc1ccccc1)NCCNC(=O)c1ccccc1Cl.I. The summed E-state index contributed by atoms with van der Waals surface area (Å²) in [6, 6.07) is 17.4. The van der Waals surface area contributed by atoms with Gasteiger partial charge in [-0.2, -0.15) is 0 Å². The molecule has 28 heavy (non-hydrogen) atoms. The van der Waals surface area contributed by atoms with Gasteiger partial charge in [-0.1, -0.05) is 54.1 Å². The number of aryl methyl sites for hydroxylation is 1. The van der Waals surface area contributed by atoms with Crippen LogP contribution in [0.25, 0.3) is 0 Å². The lowest BCUT2D eigenvalue weighted by atomic mass is 10.1. The van der Waals surface area contributed by atoms with Crippen molar-refractivity contribution in [1.29, 1.82) is 0 Å². The number of hydrogen-bond donors (Lipinski definition) is 3. The van der Waals surface area contributed by atoms with Crippen molar-refractivity contribution in [3.63, 3.8) is 0 Å². The fourth-order valence-electron chi connectivity index (χ4n) is 2.56. The van der Waals surface area contributed by atoms with Gasteiger partial charge in [0, 0.05) is 26.2 Å². The lowest BCUT2D eigenvalue weighted by Crippen LogP contribution is -2.41. The Labute approximate surface area is 189 Å². The second-order valence-electron chi connectivity index (χ2n) is 6.01. The third kappa shape index (κ3) is 8.93. The molecule has 3 N–H and O–H groups in total. The molecule has 0 heterocycles. The van der Waals surface area contributed by atoms with Crippen molar-refractivity contribution in [1.82, 2.24) is 16.0 Å². The minimum absolute atomic E-state index is 0. The highest BCUT2D eigenvalue weighted by molar-refractivity contribution is 14.0. The van der Waals surface area contributed by atoms with Gasteiger partial charge in [-0.3, -0.25) is 9.79 Å². The Morgan fingerprint density at radius 2 is 1.64 bits per heavy atom. The molecule has 1 amide bonds. The summed E-state index contributed by atoms with van der Waals surface area (Å²) < 4.78 is 0. The number of rotatable bonds is 9. The summed E-state index contributed by atoms with van der Waals surface area (Å²) in [5.74, 6) is 0.588. The van der Waals surface area contributed by atoms with E-state index in [1.54, 1.807) is 24.3 Å². The van der Waals surface area contributed by atoms with E-state index in [1.165, 1.54) is 5.56 Å². The average molecular weight is 515 g/mol. The van der Waals surface area contributed by atoms with Crippen LogP contribution in [0.2, 0.25) is 5.02 Å². The van der Waals surface area contributed by atoms with E-state index in [1.807, 2.05) is 13.0 Å². The average Bonchev–Trinajstić information content (AvgIpc) is 2.69. The fourth-order valence-corrected chi connectivity index (χ4v) is 2.78. The van der Waals surface area contributed by atoms with Gasteiger partial charge in [0.05, 0.1) is 10.6 Å². The Hall–Kier alpha value is -1.80.